The fourth-order valence-electron chi connectivity index (χ4n) is 12.7. The average molecular weight is 898 g/mol. The fourth-order valence-corrected chi connectivity index (χ4v) is 12.7. The van der Waals surface area contributed by atoms with E-state index in [9.17, 15) is 30.0 Å². The van der Waals surface area contributed by atoms with E-state index < -0.39 is 47.5 Å². The molecule has 1 amide bonds. The van der Waals surface area contributed by atoms with Crippen LogP contribution in [0.3, 0.4) is 0 Å². The number of ether oxygens (including phenoxy) is 1. The number of carbonyl (C=O) groups is 2. The summed E-state index contributed by atoms with van der Waals surface area (Å²) in [6.45, 7) is 9.00. The lowest BCUT2D eigenvalue weighted by Crippen LogP contribution is -2.61. The molecule has 3 saturated carbocycles. The number of amides is 1. The minimum atomic E-state index is -1.20. The van der Waals surface area contributed by atoms with E-state index in [2.05, 4.69) is 54.2 Å². The Labute approximate surface area is 391 Å². The number of β-amino-alcohol motifs (C(OH)–C–C–N with tert-alkyl or cyclic N) is 1. The van der Waals surface area contributed by atoms with Crippen molar-refractivity contribution in [2.45, 2.75) is 146 Å². The molecule has 10 heteroatoms. The number of aryl methyl sites for hydroxylation is 1. The van der Waals surface area contributed by atoms with Crippen LogP contribution >= 0.6 is 0 Å². The zero-order valence-corrected chi connectivity index (χ0v) is 39.0. The molecule has 10 nitrogen and oxygen atoms in total. The largest absolute Gasteiger partial charge is 0.393 e. The van der Waals surface area contributed by atoms with Gasteiger partial charge in [-0.2, -0.15) is 0 Å². The van der Waals surface area contributed by atoms with Crippen LogP contribution in [0, 0.1) is 35.0 Å². The SMILES string of the molecule is C=C1C=CC=C(C2C3CCCC4(O)CCC5=C(C)C(=O)Cc6cccc7c6C(NCC(O)CCc6cccc(c6)CC(O)CCC5C4(C3)C2O)C(=O)NC7N)COCC#CCC(C)=CCC1. The van der Waals surface area contributed by atoms with Crippen molar-refractivity contribution in [3.05, 3.63) is 129 Å². The number of benzene rings is 2. The fraction of sp³-hybridized carbons (Fsp3) is 0.536. The average Bonchev–Trinajstić information content (AvgIpc) is 3.46. The predicted octanol–water partition coefficient (Wildman–Crippen LogP) is 7.02. The number of ketones is 1. The Bertz CT molecular complexity index is 2350. The van der Waals surface area contributed by atoms with E-state index in [0.717, 1.165) is 59.1 Å². The van der Waals surface area contributed by atoms with Crippen molar-refractivity contribution in [3.8, 4) is 11.8 Å². The maximum absolute atomic E-state index is 14.9. The van der Waals surface area contributed by atoms with Crippen LogP contribution in [0.2, 0.25) is 0 Å². The van der Waals surface area contributed by atoms with E-state index in [4.69, 9.17) is 10.5 Å². The van der Waals surface area contributed by atoms with E-state index in [1.54, 1.807) is 0 Å². The molecule has 2 aromatic rings. The highest BCUT2D eigenvalue weighted by Crippen LogP contribution is 2.68. The van der Waals surface area contributed by atoms with E-state index >= 15 is 0 Å². The van der Waals surface area contributed by atoms with E-state index in [-0.39, 0.29) is 49.7 Å². The second kappa shape index (κ2) is 20.8. The maximum Gasteiger partial charge on any atom is 0.243 e. The Kier molecular flexibility index (Phi) is 15.2. The van der Waals surface area contributed by atoms with Crippen LogP contribution < -0.4 is 16.4 Å². The molecule has 10 atom stereocenters. The Morgan fingerprint density at radius 3 is 2.61 bits per heavy atom. The van der Waals surface area contributed by atoms with Gasteiger partial charge in [-0.3, -0.25) is 14.9 Å². The first-order chi connectivity index (χ1) is 31.8. The van der Waals surface area contributed by atoms with Crippen molar-refractivity contribution in [1.29, 1.82) is 0 Å². The maximum atomic E-state index is 14.9. The van der Waals surface area contributed by atoms with Crippen LogP contribution in [-0.2, 0) is 33.6 Å². The van der Waals surface area contributed by atoms with Crippen LogP contribution in [0.5, 0.6) is 0 Å². The number of hydrogen-bond donors (Lipinski definition) is 7. The van der Waals surface area contributed by atoms with Gasteiger partial charge in [0.2, 0.25) is 5.91 Å². The second-order valence-corrected chi connectivity index (χ2v) is 20.3. The third kappa shape index (κ3) is 10.0. The Morgan fingerprint density at radius 1 is 0.939 bits per heavy atom. The smallest absolute Gasteiger partial charge is 0.243 e. The summed E-state index contributed by atoms with van der Waals surface area (Å²) < 4.78 is 6.27. The summed E-state index contributed by atoms with van der Waals surface area (Å²) in [6, 6.07) is 12.9. The number of aliphatic hydroxyl groups is 4. The van der Waals surface area contributed by atoms with Crippen LogP contribution in [0.4, 0.5) is 0 Å². The van der Waals surface area contributed by atoms with Gasteiger partial charge in [0.25, 0.3) is 0 Å². The van der Waals surface area contributed by atoms with Crippen molar-refractivity contribution in [1.82, 2.24) is 10.6 Å². The summed E-state index contributed by atoms with van der Waals surface area (Å²) in [5.41, 5.74) is 13.2. The lowest BCUT2D eigenvalue weighted by Gasteiger charge is -2.57. The van der Waals surface area contributed by atoms with E-state index in [1.165, 1.54) is 5.57 Å². The Morgan fingerprint density at radius 2 is 1.76 bits per heavy atom. The van der Waals surface area contributed by atoms with Crippen molar-refractivity contribution in [2.24, 2.45) is 28.9 Å². The molecule has 8 N–H and O–H groups in total. The van der Waals surface area contributed by atoms with Gasteiger partial charge in [-0.05, 0) is 142 Å². The molecule has 3 aliphatic carbocycles. The number of Topliss-reactive ketones (excluding diaryl/α,β-unsaturated/α-hetero) is 1. The number of hydrogen-bond acceptors (Lipinski definition) is 9. The quantitative estimate of drug-likeness (QED) is 0.117. The molecule has 3 aliphatic heterocycles. The summed E-state index contributed by atoms with van der Waals surface area (Å²) in [5.74, 6) is 5.37. The third-order valence-corrected chi connectivity index (χ3v) is 16.1. The zero-order valence-electron chi connectivity index (χ0n) is 39.0. The first-order valence-corrected chi connectivity index (χ1v) is 24.5. The Balaban J connectivity index is 1.20. The van der Waals surface area contributed by atoms with Crippen molar-refractivity contribution in [3.63, 3.8) is 0 Å². The molecule has 4 bridgehead atoms. The third-order valence-electron chi connectivity index (χ3n) is 16.1. The first-order valence-electron chi connectivity index (χ1n) is 24.5. The lowest BCUT2D eigenvalue weighted by atomic mass is 9.51. The molecule has 66 heavy (non-hydrogen) atoms. The molecule has 3 heterocycles. The standard InChI is InChI=1S/C56H71N3O7/c1-35-11-4-5-28-66-34-42(18-7-14-36(2)13-6-12-35)49-41-19-10-26-55(65)27-25-45-37(3)48(62)31-40-17-9-20-46-50(40)51(54(64)59-53(46)57)58-33-44(61)22-21-38-15-8-16-39(29-38)30-43(60)23-24-47(45)56(55,32-41)52(49)63/h7-9,12,14-18,20,29,41,43-44,47,49,51-53,58,60-61,63,65H,2,6,10-11,13,19,21-28,30-34,57H2,1,3H3,(H,59,64). The highest BCUT2D eigenvalue weighted by molar-refractivity contribution is 5.98. The van der Waals surface area contributed by atoms with Gasteiger partial charge in [0.1, 0.15) is 18.8 Å². The second-order valence-electron chi connectivity index (χ2n) is 20.3. The molecule has 0 aromatic heterocycles. The number of rotatable bonds is 1. The van der Waals surface area contributed by atoms with E-state index in [0.29, 0.717) is 80.9 Å². The van der Waals surface area contributed by atoms with Crippen LogP contribution in [0.1, 0.15) is 131 Å². The van der Waals surface area contributed by atoms with Gasteiger partial charge < -0.3 is 36.2 Å². The summed E-state index contributed by atoms with van der Waals surface area (Å²) in [4.78, 5) is 28.6. The van der Waals surface area contributed by atoms with Gasteiger partial charge in [-0.1, -0.05) is 108 Å². The van der Waals surface area contributed by atoms with Gasteiger partial charge in [0.15, 0.2) is 5.78 Å². The van der Waals surface area contributed by atoms with Gasteiger partial charge in [-0.15, -0.1) is 0 Å². The number of nitrogens with one attached hydrogen (secondary N) is 2. The highest BCUT2D eigenvalue weighted by atomic mass is 16.5. The molecule has 6 aliphatic rings. The van der Waals surface area contributed by atoms with Gasteiger partial charge in [-0.25, -0.2) is 0 Å². The van der Waals surface area contributed by atoms with Gasteiger partial charge >= 0.3 is 0 Å². The number of nitrogens with two attached hydrogens (primary N) is 1. The number of fused-ring (bicyclic) bond motifs is 4. The molecule has 2 aromatic carbocycles. The van der Waals surface area contributed by atoms with Crippen molar-refractivity contribution >= 4 is 11.7 Å². The molecule has 10 unspecified atom stereocenters. The minimum Gasteiger partial charge on any atom is -0.393 e. The van der Waals surface area contributed by atoms with Crippen LogP contribution in [0.15, 0.2) is 101 Å². The van der Waals surface area contributed by atoms with Crippen molar-refractivity contribution in [2.75, 3.05) is 19.8 Å². The molecule has 1 spiro atoms. The Hall–Kier alpha value is -4.44. The molecule has 352 valence electrons. The molecule has 0 radical (unpaired) electrons. The predicted molar refractivity (Wildman–Crippen MR) is 258 cm³/mol. The minimum absolute atomic E-state index is 0.0225. The molecular formula is C56H71N3O7. The molecule has 3 fully saturated rings. The number of carbonyl (C=O) groups excluding carboxylic acids is 2. The first kappa shape index (κ1) is 48.0. The molecule has 0 saturated heterocycles. The summed E-state index contributed by atoms with van der Waals surface area (Å²) >= 11 is 0. The topological polar surface area (TPSA) is 174 Å². The highest BCUT2D eigenvalue weighted by Gasteiger charge is 2.68. The van der Waals surface area contributed by atoms with Gasteiger partial charge in [0, 0.05) is 30.7 Å². The zero-order chi connectivity index (χ0) is 46.6. The van der Waals surface area contributed by atoms with Crippen LogP contribution in [-0.4, -0.2) is 75.8 Å². The van der Waals surface area contributed by atoms with Crippen LogP contribution in [0.25, 0.3) is 0 Å². The van der Waals surface area contributed by atoms with Gasteiger partial charge in [0.05, 0.1) is 30.5 Å². The summed E-state index contributed by atoms with van der Waals surface area (Å²) in [6.07, 6.45) is 13.7. The number of allylic oxidation sites excluding steroid dienone is 8. The van der Waals surface area contributed by atoms with E-state index in [1.807, 2.05) is 55.5 Å². The van der Waals surface area contributed by atoms with Crippen molar-refractivity contribution < 1.29 is 34.8 Å². The summed E-state index contributed by atoms with van der Waals surface area (Å²) in [7, 11) is 0. The lowest BCUT2D eigenvalue weighted by molar-refractivity contribution is -0.181. The molecular weight excluding hydrogens is 827 g/mol. The molecule has 8 rings (SSSR count). The monoisotopic (exact) mass is 898 g/mol. The summed E-state index contributed by atoms with van der Waals surface area (Å²) in [5, 5.41) is 55.7. The normalized spacial score (nSPS) is 34.1. The number of aliphatic hydroxyl groups excluding tert-OH is 3.